The number of aromatic nitrogens is 1. The average molecular weight is 282 g/mol. The SMILES string of the molecule is O=C1CCC(=O)N1CCc1cccn1Cc1ccccc1. The zero-order chi connectivity index (χ0) is 14.7. The Morgan fingerprint density at radius 3 is 2.33 bits per heavy atom. The summed E-state index contributed by atoms with van der Waals surface area (Å²) in [7, 11) is 0. The number of hydrogen-bond acceptors (Lipinski definition) is 2. The minimum atomic E-state index is -0.0406. The van der Waals surface area contributed by atoms with E-state index in [1.807, 2.05) is 36.5 Å². The number of hydrogen-bond donors (Lipinski definition) is 0. The number of likely N-dealkylation sites (tertiary alicyclic amines) is 1. The minimum absolute atomic E-state index is 0.0406. The molecule has 0 atom stereocenters. The summed E-state index contributed by atoms with van der Waals surface area (Å²) in [5.74, 6) is -0.0812. The van der Waals surface area contributed by atoms with Crippen molar-refractivity contribution in [2.24, 2.45) is 0 Å². The Kier molecular flexibility index (Phi) is 3.86. The average Bonchev–Trinajstić information content (AvgIpc) is 3.06. The molecule has 2 heterocycles. The second-order valence-corrected chi connectivity index (χ2v) is 5.30. The van der Waals surface area contributed by atoms with Gasteiger partial charge in [0, 0.05) is 44.2 Å². The lowest BCUT2D eigenvalue weighted by Crippen LogP contribution is -2.31. The highest BCUT2D eigenvalue weighted by molar-refractivity contribution is 6.01. The third-order valence-corrected chi connectivity index (χ3v) is 3.87. The molecule has 1 aliphatic heterocycles. The molecule has 3 rings (SSSR count). The number of imide groups is 1. The molecular weight excluding hydrogens is 264 g/mol. The van der Waals surface area contributed by atoms with Gasteiger partial charge in [0.25, 0.3) is 0 Å². The van der Waals surface area contributed by atoms with Crippen molar-refractivity contribution in [2.75, 3.05) is 6.54 Å². The molecule has 1 aromatic carbocycles. The Labute approximate surface area is 124 Å². The van der Waals surface area contributed by atoms with Crippen LogP contribution in [0.3, 0.4) is 0 Å². The highest BCUT2D eigenvalue weighted by Gasteiger charge is 2.28. The van der Waals surface area contributed by atoms with Gasteiger partial charge < -0.3 is 4.57 Å². The van der Waals surface area contributed by atoms with Gasteiger partial charge in [-0.1, -0.05) is 30.3 Å². The van der Waals surface area contributed by atoms with Crippen molar-refractivity contribution >= 4 is 11.8 Å². The second-order valence-electron chi connectivity index (χ2n) is 5.30. The Hall–Kier alpha value is -2.36. The van der Waals surface area contributed by atoms with E-state index in [0.29, 0.717) is 25.8 Å². The Morgan fingerprint density at radius 1 is 0.905 bits per heavy atom. The second kappa shape index (κ2) is 5.95. The predicted molar refractivity (Wildman–Crippen MR) is 79.6 cm³/mol. The van der Waals surface area contributed by atoms with E-state index in [0.717, 1.165) is 12.2 Å². The fraction of sp³-hybridized carbons (Fsp3) is 0.294. The van der Waals surface area contributed by atoms with Gasteiger partial charge in [-0.3, -0.25) is 14.5 Å². The van der Waals surface area contributed by atoms with Crippen molar-refractivity contribution in [1.29, 1.82) is 0 Å². The molecule has 0 radical (unpaired) electrons. The summed E-state index contributed by atoms with van der Waals surface area (Å²) in [4.78, 5) is 24.6. The third-order valence-electron chi connectivity index (χ3n) is 3.87. The van der Waals surface area contributed by atoms with E-state index in [2.05, 4.69) is 16.7 Å². The number of benzene rings is 1. The van der Waals surface area contributed by atoms with E-state index in [9.17, 15) is 9.59 Å². The Morgan fingerprint density at radius 2 is 1.62 bits per heavy atom. The number of carbonyl (C=O) groups excluding carboxylic acids is 2. The van der Waals surface area contributed by atoms with Gasteiger partial charge in [0.15, 0.2) is 0 Å². The van der Waals surface area contributed by atoms with Crippen LogP contribution in [0, 0.1) is 0 Å². The first-order valence-corrected chi connectivity index (χ1v) is 7.25. The summed E-state index contributed by atoms with van der Waals surface area (Å²) >= 11 is 0. The first-order chi connectivity index (χ1) is 10.2. The minimum Gasteiger partial charge on any atom is -0.347 e. The van der Waals surface area contributed by atoms with Gasteiger partial charge in [-0.05, 0) is 17.7 Å². The van der Waals surface area contributed by atoms with Crippen LogP contribution in [-0.4, -0.2) is 27.8 Å². The van der Waals surface area contributed by atoms with Crippen molar-refractivity contribution in [2.45, 2.75) is 25.8 Å². The van der Waals surface area contributed by atoms with Crippen LogP contribution < -0.4 is 0 Å². The van der Waals surface area contributed by atoms with Gasteiger partial charge in [0.1, 0.15) is 0 Å². The van der Waals surface area contributed by atoms with Crippen LogP contribution in [0.5, 0.6) is 0 Å². The molecule has 0 aliphatic carbocycles. The zero-order valence-corrected chi connectivity index (χ0v) is 11.9. The molecule has 4 heteroatoms. The fourth-order valence-electron chi connectivity index (χ4n) is 2.71. The number of rotatable bonds is 5. The molecule has 2 aromatic rings. The maximum Gasteiger partial charge on any atom is 0.229 e. The fourth-order valence-corrected chi connectivity index (χ4v) is 2.71. The molecule has 1 saturated heterocycles. The lowest BCUT2D eigenvalue weighted by molar-refractivity contribution is -0.138. The quantitative estimate of drug-likeness (QED) is 0.789. The van der Waals surface area contributed by atoms with E-state index in [4.69, 9.17) is 0 Å². The molecule has 0 N–H and O–H groups in total. The molecule has 1 fully saturated rings. The van der Waals surface area contributed by atoms with E-state index >= 15 is 0 Å². The third kappa shape index (κ3) is 3.05. The van der Waals surface area contributed by atoms with Crippen LogP contribution in [-0.2, 0) is 22.6 Å². The predicted octanol–water partition coefficient (Wildman–Crippen LogP) is 2.23. The van der Waals surface area contributed by atoms with Crippen molar-refractivity contribution in [3.05, 3.63) is 59.9 Å². The summed E-state index contributed by atoms with van der Waals surface area (Å²) in [5, 5.41) is 0. The lowest BCUT2D eigenvalue weighted by Gasteiger charge is -2.15. The molecule has 2 amide bonds. The van der Waals surface area contributed by atoms with Crippen LogP contribution >= 0.6 is 0 Å². The molecule has 1 aromatic heterocycles. The molecule has 4 nitrogen and oxygen atoms in total. The van der Waals surface area contributed by atoms with Crippen molar-refractivity contribution < 1.29 is 9.59 Å². The molecule has 108 valence electrons. The Bertz CT molecular complexity index is 630. The van der Waals surface area contributed by atoms with E-state index in [1.54, 1.807) is 0 Å². The van der Waals surface area contributed by atoms with Crippen molar-refractivity contribution in [3.63, 3.8) is 0 Å². The maximum atomic E-state index is 11.6. The summed E-state index contributed by atoms with van der Waals surface area (Å²) in [5.41, 5.74) is 2.38. The largest absolute Gasteiger partial charge is 0.347 e. The smallest absolute Gasteiger partial charge is 0.229 e. The first-order valence-electron chi connectivity index (χ1n) is 7.25. The van der Waals surface area contributed by atoms with Crippen LogP contribution in [0.15, 0.2) is 48.7 Å². The topological polar surface area (TPSA) is 42.3 Å². The first kappa shape index (κ1) is 13.6. The zero-order valence-electron chi connectivity index (χ0n) is 11.9. The summed E-state index contributed by atoms with van der Waals surface area (Å²) < 4.78 is 2.17. The van der Waals surface area contributed by atoms with Gasteiger partial charge >= 0.3 is 0 Å². The van der Waals surface area contributed by atoms with Crippen molar-refractivity contribution in [3.8, 4) is 0 Å². The maximum absolute atomic E-state index is 11.6. The molecule has 0 bridgehead atoms. The van der Waals surface area contributed by atoms with Crippen LogP contribution in [0.2, 0.25) is 0 Å². The summed E-state index contributed by atoms with van der Waals surface area (Å²) in [6.45, 7) is 1.29. The van der Waals surface area contributed by atoms with Crippen molar-refractivity contribution in [1.82, 2.24) is 9.47 Å². The summed E-state index contributed by atoms with van der Waals surface area (Å²) in [6.07, 6.45) is 3.47. The molecule has 1 aliphatic rings. The number of amides is 2. The van der Waals surface area contributed by atoms with Gasteiger partial charge in [-0.25, -0.2) is 0 Å². The van der Waals surface area contributed by atoms with E-state index < -0.39 is 0 Å². The number of nitrogens with zero attached hydrogens (tertiary/aromatic N) is 2. The van der Waals surface area contributed by atoms with Gasteiger partial charge in [0.2, 0.25) is 11.8 Å². The molecule has 0 saturated carbocycles. The normalized spacial score (nSPS) is 15.0. The van der Waals surface area contributed by atoms with E-state index in [1.165, 1.54) is 10.5 Å². The molecule has 0 spiro atoms. The van der Waals surface area contributed by atoms with E-state index in [-0.39, 0.29) is 11.8 Å². The lowest BCUT2D eigenvalue weighted by atomic mass is 10.2. The standard InChI is InChI=1S/C17H18N2O2/c20-16-8-9-17(21)19(16)12-10-15-7-4-11-18(15)13-14-5-2-1-3-6-14/h1-7,11H,8-10,12-13H2. The van der Waals surface area contributed by atoms with Crippen LogP contribution in [0.25, 0.3) is 0 Å². The van der Waals surface area contributed by atoms with Crippen LogP contribution in [0.4, 0.5) is 0 Å². The summed E-state index contributed by atoms with van der Waals surface area (Å²) in [6, 6.07) is 14.3. The highest BCUT2D eigenvalue weighted by atomic mass is 16.2. The van der Waals surface area contributed by atoms with Gasteiger partial charge in [-0.15, -0.1) is 0 Å². The molecular formula is C17H18N2O2. The van der Waals surface area contributed by atoms with Gasteiger partial charge in [0.05, 0.1) is 0 Å². The Balaban J connectivity index is 1.66. The molecule has 21 heavy (non-hydrogen) atoms. The van der Waals surface area contributed by atoms with Gasteiger partial charge in [-0.2, -0.15) is 0 Å². The molecule has 0 unspecified atom stereocenters. The highest BCUT2D eigenvalue weighted by Crippen LogP contribution is 2.14. The number of carbonyl (C=O) groups is 2. The monoisotopic (exact) mass is 282 g/mol. The van der Waals surface area contributed by atoms with Crippen LogP contribution in [0.1, 0.15) is 24.1 Å².